The molecule has 1 saturated carbocycles. The first-order valence-corrected chi connectivity index (χ1v) is 9.67. The largest absolute Gasteiger partial charge is 0.459 e. The van der Waals surface area contributed by atoms with Gasteiger partial charge in [-0.3, -0.25) is 4.79 Å². The van der Waals surface area contributed by atoms with Gasteiger partial charge in [-0.2, -0.15) is 5.26 Å². The number of hydrogen-bond acceptors (Lipinski definition) is 4. The number of allylic oxidation sites excluding steroid dienone is 1. The molecule has 1 aromatic rings. The lowest BCUT2D eigenvalue weighted by Gasteiger charge is -2.27. The van der Waals surface area contributed by atoms with Gasteiger partial charge in [0.05, 0.1) is 6.07 Å². The van der Waals surface area contributed by atoms with E-state index >= 15 is 0 Å². The van der Waals surface area contributed by atoms with Gasteiger partial charge in [0.2, 0.25) is 0 Å². The van der Waals surface area contributed by atoms with Crippen LogP contribution in [-0.2, 0) is 20.7 Å². The number of nitriles is 1. The van der Waals surface area contributed by atoms with E-state index in [-0.39, 0.29) is 18.1 Å². The highest BCUT2D eigenvalue weighted by Gasteiger charge is 2.40. The number of esters is 1. The third-order valence-corrected chi connectivity index (χ3v) is 4.83. The second-order valence-corrected chi connectivity index (χ2v) is 8.32. The molecule has 0 saturated heterocycles. The van der Waals surface area contributed by atoms with Crippen molar-refractivity contribution in [3.8, 4) is 6.07 Å². The van der Waals surface area contributed by atoms with Crippen LogP contribution >= 0.6 is 0 Å². The Morgan fingerprint density at radius 3 is 2.33 bits per heavy atom. The van der Waals surface area contributed by atoms with Gasteiger partial charge in [0, 0.05) is 12.3 Å². The van der Waals surface area contributed by atoms with E-state index in [4.69, 9.17) is 4.74 Å². The summed E-state index contributed by atoms with van der Waals surface area (Å²) in [4.78, 5) is 25.5. The van der Waals surface area contributed by atoms with Gasteiger partial charge in [0.25, 0.3) is 0 Å². The van der Waals surface area contributed by atoms with Crippen LogP contribution in [-0.4, -0.2) is 17.4 Å². The van der Waals surface area contributed by atoms with E-state index in [1.54, 1.807) is 20.8 Å². The molecule has 0 bridgehead atoms. The third kappa shape index (κ3) is 6.06. The Labute approximate surface area is 162 Å². The number of ether oxygens (including phenoxy) is 1. The fourth-order valence-electron chi connectivity index (χ4n) is 3.36. The third-order valence-electron chi connectivity index (χ3n) is 4.83. The number of nitrogens with zero attached hydrogens (tertiary/aromatic N) is 1. The Bertz CT molecular complexity index is 718. The first-order valence-electron chi connectivity index (χ1n) is 9.67. The van der Waals surface area contributed by atoms with Crippen LogP contribution in [0.1, 0.15) is 58.4 Å². The van der Waals surface area contributed by atoms with Gasteiger partial charge in [0.15, 0.2) is 11.2 Å². The molecule has 144 valence electrons. The van der Waals surface area contributed by atoms with Crippen molar-refractivity contribution in [1.82, 2.24) is 0 Å². The second kappa shape index (κ2) is 8.99. The topological polar surface area (TPSA) is 67.2 Å². The van der Waals surface area contributed by atoms with E-state index in [2.05, 4.69) is 6.07 Å². The van der Waals surface area contributed by atoms with Gasteiger partial charge in [-0.1, -0.05) is 49.6 Å². The maximum Gasteiger partial charge on any atom is 0.331 e. The average molecular weight is 367 g/mol. The van der Waals surface area contributed by atoms with Crippen LogP contribution < -0.4 is 0 Å². The van der Waals surface area contributed by atoms with E-state index in [1.807, 2.05) is 30.3 Å². The number of hydrogen-bond donors (Lipinski definition) is 0. The van der Waals surface area contributed by atoms with Gasteiger partial charge in [0.1, 0.15) is 5.60 Å². The lowest BCUT2D eigenvalue weighted by Crippen LogP contribution is -2.37. The molecule has 4 nitrogen and oxygen atoms in total. The minimum atomic E-state index is -1.51. The van der Waals surface area contributed by atoms with E-state index in [1.165, 1.54) is 18.6 Å². The molecule has 1 aliphatic rings. The molecular formula is C23H29NO3. The zero-order valence-corrected chi connectivity index (χ0v) is 16.5. The first-order chi connectivity index (χ1) is 12.8. The van der Waals surface area contributed by atoms with Crippen LogP contribution in [0.3, 0.4) is 0 Å². The molecule has 0 heterocycles. The van der Waals surface area contributed by atoms with Gasteiger partial charge >= 0.3 is 5.97 Å². The Balaban J connectivity index is 2.29. The predicted octanol–water partition coefficient (Wildman–Crippen LogP) is 4.79. The van der Waals surface area contributed by atoms with Crippen LogP contribution in [0.15, 0.2) is 42.5 Å². The summed E-state index contributed by atoms with van der Waals surface area (Å²) in [5, 5.41) is 9.91. The summed E-state index contributed by atoms with van der Waals surface area (Å²) in [5.74, 6) is -0.609. The molecular weight excluding hydrogens is 338 g/mol. The maximum absolute atomic E-state index is 12.9. The lowest BCUT2D eigenvalue weighted by molar-refractivity contribution is -0.161. The van der Waals surface area contributed by atoms with Crippen LogP contribution in [0.2, 0.25) is 0 Å². The molecule has 2 rings (SSSR count). The Morgan fingerprint density at radius 2 is 1.78 bits per heavy atom. The summed E-state index contributed by atoms with van der Waals surface area (Å²) in [6.07, 6.45) is 8.13. The summed E-state index contributed by atoms with van der Waals surface area (Å²) in [7, 11) is 0. The van der Waals surface area contributed by atoms with E-state index in [0.29, 0.717) is 0 Å². The smallest absolute Gasteiger partial charge is 0.331 e. The molecule has 0 unspecified atom stereocenters. The van der Waals surface area contributed by atoms with E-state index in [0.717, 1.165) is 31.2 Å². The Hall–Kier alpha value is -2.41. The van der Waals surface area contributed by atoms with Crippen LogP contribution in [0.25, 0.3) is 0 Å². The fraction of sp³-hybridized carbons (Fsp3) is 0.522. The summed E-state index contributed by atoms with van der Waals surface area (Å²) >= 11 is 0. The quantitative estimate of drug-likeness (QED) is 0.536. The maximum atomic E-state index is 12.9. The van der Waals surface area contributed by atoms with Gasteiger partial charge in [-0.25, -0.2) is 4.79 Å². The van der Waals surface area contributed by atoms with Crippen molar-refractivity contribution in [2.45, 2.75) is 64.9 Å². The zero-order valence-electron chi connectivity index (χ0n) is 16.5. The van der Waals surface area contributed by atoms with Crippen molar-refractivity contribution in [2.75, 3.05) is 0 Å². The van der Waals surface area contributed by atoms with Gasteiger partial charge < -0.3 is 4.74 Å². The molecule has 0 aromatic heterocycles. The SMILES string of the molecule is CC(C)(C)OC(=O)[C@](C#N)(/C=C\C(=O)C1CCCCC1)Cc1ccccc1. The van der Waals surface area contributed by atoms with Crippen LogP contribution in [0.4, 0.5) is 0 Å². The standard InChI is InChI=1S/C23H29NO3/c1-22(2,3)27-21(26)23(17-24,16-18-10-6-4-7-11-18)15-14-20(25)19-12-8-5-9-13-19/h4,6-7,10-11,14-15,19H,5,8-9,12-13,16H2,1-3H3/b15-14-/t23-/m1/s1. The highest BCUT2D eigenvalue weighted by atomic mass is 16.6. The highest BCUT2D eigenvalue weighted by Crippen LogP contribution is 2.30. The first kappa shape index (κ1) is 20.9. The van der Waals surface area contributed by atoms with Crippen LogP contribution in [0, 0.1) is 22.7 Å². The zero-order chi connectivity index (χ0) is 19.9. The van der Waals surface area contributed by atoms with Crippen molar-refractivity contribution in [3.05, 3.63) is 48.0 Å². The fourth-order valence-corrected chi connectivity index (χ4v) is 3.36. The normalized spacial score (nSPS) is 17.9. The molecule has 0 N–H and O–H groups in total. The van der Waals surface area contributed by atoms with Crippen molar-refractivity contribution in [1.29, 1.82) is 5.26 Å². The Morgan fingerprint density at radius 1 is 1.15 bits per heavy atom. The summed E-state index contributed by atoms with van der Waals surface area (Å²) in [6.45, 7) is 5.31. The van der Waals surface area contributed by atoms with E-state index in [9.17, 15) is 14.9 Å². The summed E-state index contributed by atoms with van der Waals surface area (Å²) < 4.78 is 5.52. The molecule has 1 aliphatic carbocycles. The highest BCUT2D eigenvalue weighted by molar-refractivity contribution is 5.93. The van der Waals surface area contributed by atoms with Crippen molar-refractivity contribution in [3.63, 3.8) is 0 Å². The monoisotopic (exact) mass is 367 g/mol. The van der Waals surface area contributed by atoms with Gasteiger partial charge in [-0.15, -0.1) is 0 Å². The van der Waals surface area contributed by atoms with Crippen molar-refractivity contribution >= 4 is 11.8 Å². The van der Waals surface area contributed by atoms with E-state index < -0.39 is 17.0 Å². The number of rotatable bonds is 6. The minimum Gasteiger partial charge on any atom is -0.459 e. The predicted molar refractivity (Wildman–Crippen MR) is 105 cm³/mol. The van der Waals surface area contributed by atoms with Crippen molar-refractivity contribution < 1.29 is 14.3 Å². The number of ketones is 1. The molecule has 4 heteroatoms. The minimum absolute atomic E-state index is 0.00162. The lowest BCUT2D eigenvalue weighted by atomic mass is 9.80. The average Bonchev–Trinajstić information content (AvgIpc) is 2.65. The summed E-state index contributed by atoms with van der Waals surface area (Å²) in [6, 6.07) is 11.5. The molecule has 0 aliphatic heterocycles. The molecule has 27 heavy (non-hydrogen) atoms. The molecule has 1 fully saturated rings. The van der Waals surface area contributed by atoms with Crippen molar-refractivity contribution in [2.24, 2.45) is 11.3 Å². The number of carbonyl (C=O) groups is 2. The molecule has 0 amide bonds. The number of benzene rings is 1. The molecule has 0 radical (unpaired) electrons. The molecule has 0 spiro atoms. The number of carbonyl (C=O) groups excluding carboxylic acids is 2. The molecule has 1 atom stereocenters. The Kier molecular flexibility index (Phi) is 6.96. The van der Waals surface area contributed by atoms with Crippen LogP contribution in [0.5, 0.6) is 0 Å². The molecule has 1 aromatic carbocycles. The second-order valence-electron chi connectivity index (χ2n) is 8.32. The summed E-state index contributed by atoms with van der Waals surface area (Å²) in [5.41, 5.74) is -1.38. The van der Waals surface area contributed by atoms with Gasteiger partial charge in [-0.05, 0) is 51.3 Å².